The minimum atomic E-state index is -3.95. The Morgan fingerprint density at radius 1 is 1.17 bits per heavy atom. The molecule has 3 aromatic rings. The lowest BCUT2D eigenvalue weighted by Crippen LogP contribution is -2.41. The number of carbonyl (C=O) groups is 1. The number of thiazole rings is 1. The number of rotatable bonds is 4. The molecule has 1 aromatic heterocycles. The van der Waals surface area contributed by atoms with E-state index in [1.165, 1.54) is 15.6 Å². The summed E-state index contributed by atoms with van der Waals surface area (Å²) in [7, 11) is -3.95. The zero-order valence-corrected chi connectivity index (χ0v) is 18.7. The molecule has 0 radical (unpaired) electrons. The molecule has 4 rings (SSSR count). The van der Waals surface area contributed by atoms with Crippen molar-refractivity contribution in [2.24, 2.45) is 5.92 Å². The number of hydrogen-bond acceptors (Lipinski definition) is 5. The van der Waals surface area contributed by atoms with Gasteiger partial charge in [-0.05, 0) is 59.1 Å². The van der Waals surface area contributed by atoms with E-state index in [1.807, 2.05) is 18.2 Å². The monoisotopic (exact) mass is 515 g/mol. The summed E-state index contributed by atoms with van der Waals surface area (Å²) in [4.78, 5) is 16.7. The van der Waals surface area contributed by atoms with Gasteiger partial charge in [-0.1, -0.05) is 17.4 Å². The molecular weight excluding hydrogens is 500 g/mol. The molecule has 1 fully saturated rings. The van der Waals surface area contributed by atoms with Crippen molar-refractivity contribution in [3.8, 4) is 0 Å². The summed E-state index contributed by atoms with van der Waals surface area (Å²) in [6.07, 6.45) is 0.645. The topological polar surface area (TPSA) is 79.4 Å². The minimum absolute atomic E-state index is 0.116. The molecule has 1 saturated heterocycles. The van der Waals surface area contributed by atoms with Crippen molar-refractivity contribution in [2.45, 2.75) is 17.7 Å². The van der Waals surface area contributed by atoms with Gasteiger partial charge in [-0.2, -0.15) is 4.31 Å². The number of carbonyl (C=O) groups excluding carboxylic acids is 1. The lowest BCUT2D eigenvalue weighted by Gasteiger charge is -2.30. The van der Waals surface area contributed by atoms with Gasteiger partial charge in [-0.3, -0.25) is 4.79 Å². The number of nitrogens with one attached hydrogen (secondary N) is 1. The molecule has 0 unspecified atom stereocenters. The van der Waals surface area contributed by atoms with Crippen LogP contribution in [0.15, 0.2) is 45.8 Å². The van der Waals surface area contributed by atoms with Gasteiger partial charge in [-0.25, -0.2) is 22.2 Å². The number of hydrogen-bond donors (Lipinski definition) is 1. The highest BCUT2D eigenvalue weighted by Gasteiger charge is 2.32. The maximum atomic E-state index is 13.4. The maximum Gasteiger partial charge on any atom is 0.243 e. The fourth-order valence-electron chi connectivity index (χ4n) is 3.32. The standard InChI is InChI=1S/C19H16BrF2N3O3S2/c20-13-2-1-3-16-17(13)23-19(29-16)24-18(26)11-6-8-25(9-7-11)30(27,28)12-4-5-14(21)15(22)10-12/h1-5,10-11H,6-9H2,(H,23,24,26). The van der Waals surface area contributed by atoms with Crippen molar-refractivity contribution in [2.75, 3.05) is 18.4 Å². The second-order valence-corrected chi connectivity index (χ2v) is 10.7. The number of para-hydroxylation sites is 1. The van der Waals surface area contributed by atoms with Crippen LogP contribution in [0.1, 0.15) is 12.8 Å². The SMILES string of the molecule is O=C(Nc1nc2c(Br)cccc2s1)C1CCN(S(=O)(=O)c2ccc(F)c(F)c2)CC1. The normalized spacial score (nSPS) is 16.1. The van der Waals surface area contributed by atoms with Crippen molar-refractivity contribution in [3.63, 3.8) is 0 Å². The van der Waals surface area contributed by atoms with Crippen LogP contribution >= 0.6 is 27.3 Å². The third-order valence-corrected chi connectivity index (χ3v) is 8.42. The molecule has 0 saturated carbocycles. The van der Waals surface area contributed by atoms with E-state index in [1.54, 1.807) is 0 Å². The van der Waals surface area contributed by atoms with Crippen LogP contribution in [0.5, 0.6) is 0 Å². The molecule has 30 heavy (non-hydrogen) atoms. The van der Waals surface area contributed by atoms with Gasteiger partial charge in [0.05, 0.1) is 15.1 Å². The summed E-state index contributed by atoms with van der Waals surface area (Å²) in [6.45, 7) is 0.232. The lowest BCUT2D eigenvalue weighted by atomic mass is 9.97. The molecule has 1 amide bonds. The van der Waals surface area contributed by atoms with E-state index in [4.69, 9.17) is 0 Å². The molecule has 6 nitrogen and oxygen atoms in total. The number of anilines is 1. The summed E-state index contributed by atoms with van der Waals surface area (Å²) in [5, 5.41) is 3.30. The van der Waals surface area contributed by atoms with E-state index in [-0.39, 0.29) is 29.8 Å². The molecule has 1 aliphatic rings. The van der Waals surface area contributed by atoms with Crippen molar-refractivity contribution in [1.29, 1.82) is 0 Å². The van der Waals surface area contributed by atoms with Crippen molar-refractivity contribution in [3.05, 3.63) is 52.5 Å². The van der Waals surface area contributed by atoms with Gasteiger partial charge >= 0.3 is 0 Å². The number of amides is 1. The number of halogens is 3. The summed E-state index contributed by atoms with van der Waals surface area (Å²) in [5.41, 5.74) is 0.769. The van der Waals surface area contributed by atoms with Crippen LogP contribution in [-0.2, 0) is 14.8 Å². The Morgan fingerprint density at radius 2 is 1.90 bits per heavy atom. The highest BCUT2D eigenvalue weighted by atomic mass is 79.9. The Labute approximate surface area is 184 Å². The molecular formula is C19H16BrF2N3O3S2. The Kier molecular flexibility index (Phi) is 5.88. The minimum Gasteiger partial charge on any atom is -0.302 e. The van der Waals surface area contributed by atoms with Crippen LogP contribution in [0.4, 0.5) is 13.9 Å². The van der Waals surface area contributed by atoms with Crippen LogP contribution in [-0.4, -0.2) is 36.7 Å². The number of aromatic nitrogens is 1. The summed E-state index contributed by atoms with van der Waals surface area (Å²) in [6, 6.07) is 8.18. The molecule has 0 atom stereocenters. The lowest BCUT2D eigenvalue weighted by molar-refractivity contribution is -0.120. The number of sulfonamides is 1. The summed E-state index contributed by atoms with van der Waals surface area (Å²) >= 11 is 4.79. The highest BCUT2D eigenvalue weighted by Crippen LogP contribution is 2.32. The van der Waals surface area contributed by atoms with Crippen molar-refractivity contribution in [1.82, 2.24) is 9.29 Å². The van der Waals surface area contributed by atoms with E-state index in [9.17, 15) is 22.0 Å². The third-order valence-electron chi connectivity index (χ3n) is 4.95. The predicted octanol–water partition coefficient (Wildman–Crippen LogP) is 4.38. The Morgan fingerprint density at radius 3 is 2.57 bits per heavy atom. The van der Waals surface area contributed by atoms with E-state index < -0.39 is 21.7 Å². The molecule has 0 aliphatic carbocycles. The number of benzene rings is 2. The van der Waals surface area contributed by atoms with E-state index in [2.05, 4.69) is 26.2 Å². The van der Waals surface area contributed by atoms with Gasteiger partial charge in [0.25, 0.3) is 0 Å². The van der Waals surface area contributed by atoms with Crippen LogP contribution in [0.2, 0.25) is 0 Å². The summed E-state index contributed by atoms with van der Waals surface area (Å²) in [5.74, 6) is -2.90. The fourth-order valence-corrected chi connectivity index (χ4v) is 6.28. The van der Waals surface area contributed by atoms with E-state index in [0.29, 0.717) is 24.0 Å². The Bertz CT molecular complexity index is 1220. The number of fused-ring (bicyclic) bond motifs is 1. The second kappa shape index (κ2) is 8.29. The zero-order chi connectivity index (χ0) is 21.5. The van der Waals surface area contributed by atoms with Crippen LogP contribution in [0, 0.1) is 17.6 Å². The first kappa shape index (κ1) is 21.3. The van der Waals surface area contributed by atoms with Gasteiger partial charge in [0.15, 0.2) is 16.8 Å². The first-order chi connectivity index (χ1) is 14.3. The highest BCUT2D eigenvalue weighted by molar-refractivity contribution is 9.10. The molecule has 0 bridgehead atoms. The van der Waals surface area contributed by atoms with Crippen LogP contribution in [0.3, 0.4) is 0 Å². The first-order valence-corrected chi connectivity index (χ1v) is 12.1. The largest absolute Gasteiger partial charge is 0.302 e. The van der Waals surface area contributed by atoms with E-state index in [0.717, 1.165) is 26.8 Å². The van der Waals surface area contributed by atoms with Gasteiger partial charge in [-0.15, -0.1) is 0 Å². The molecule has 2 aromatic carbocycles. The average molecular weight is 516 g/mol. The molecule has 0 spiro atoms. The quantitative estimate of drug-likeness (QED) is 0.559. The van der Waals surface area contributed by atoms with Crippen LogP contribution in [0.25, 0.3) is 10.2 Å². The molecule has 11 heteroatoms. The maximum absolute atomic E-state index is 13.4. The van der Waals surface area contributed by atoms with Crippen LogP contribution < -0.4 is 5.32 Å². The second-order valence-electron chi connectivity index (χ2n) is 6.85. The number of nitrogens with zero attached hydrogens (tertiary/aromatic N) is 2. The van der Waals surface area contributed by atoms with Crippen molar-refractivity contribution >= 4 is 58.5 Å². The Hall–Kier alpha value is -1.95. The average Bonchev–Trinajstić information content (AvgIpc) is 3.14. The molecule has 2 heterocycles. The Balaban J connectivity index is 1.41. The van der Waals surface area contributed by atoms with Crippen molar-refractivity contribution < 1.29 is 22.0 Å². The fraction of sp³-hybridized carbons (Fsp3) is 0.263. The van der Waals surface area contributed by atoms with Gasteiger partial charge < -0.3 is 5.32 Å². The third kappa shape index (κ3) is 4.11. The molecule has 1 aliphatic heterocycles. The number of piperidine rings is 1. The molecule has 158 valence electrons. The van der Waals surface area contributed by atoms with E-state index >= 15 is 0 Å². The molecule has 1 N–H and O–H groups in total. The summed E-state index contributed by atoms with van der Waals surface area (Å²) < 4.78 is 54.9. The smallest absolute Gasteiger partial charge is 0.243 e. The first-order valence-electron chi connectivity index (χ1n) is 9.07. The zero-order valence-electron chi connectivity index (χ0n) is 15.4. The van der Waals surface area contributed by atoms with Gasteiger partial charge in [0, 0.05) is 23.5 Å². The van der Waals surface area contributed by atoms with Gasteiger partial charge in [0.2, 0.25) is 15.9 Å². The van der Waals surface area contributed by atoms with Gasteiger partial charge in [0.1, 0.15) is 0 Å². The predicted molar refractivity (Wildman–Crippen MR) is 114 cm³/mol.